The Morgan fingerprint density at radius 1 is 1.56 bits per heavy atom. The molecule has 0 atom stereocenters. The van der Waals surface area contributed by atoms with Crippen LogP contribution < -0.4 is 0 Å². The Bertz CT molecular complexity index is 121. The molecule has 0 saturated carbocycles. The van der Waals surface area contributed by atoms with E-state index in [-0.39, 0.29) is 6.61 Å². The third-order valence-corrected chi connectivity index (χ3v) is 0.794. The minimum Gasteiger partial charge on any atom is -0.459 e. The van der Waals surface area contributed by atoms with Crippen molar-refractivity contribution in [2.45, 2.75) is 6.92 Å². The van der Waals surface area contributed by atoms with E-state index in [0.29, 0.717) is 5.75 Å². The van der Waals surface area contributed by atoms with Gasteiger partial charge in [-0.15, -0.1) is 0 Å². The fraction of sp³-hybridized carbons (Fsp3) is 0.600. The minimum atomic E-state index is -0.788. The number of rotatable bonds is 3. The zero-order chi connectivity index (χ0) is 7.28. The van der Waals surface area contributed by atoms with Gasteiger partial charge in [-0.2, -0.15) is 12.6 Å². The highest BCUT2D eigenvalue weighted by Gasteiger charge is 2.06. The Balaban J connectivity index is 3.39. The fourth-order valence-corrected chi connectivity index (χ4v) is 0.331. The second kappa shape index (κ2) is 4.38. The van der Waals surface area contributed by atoms with Crippen molar-refractivity contribution in [1.29, 1.82) is 0 Å². The molecule has 0 bridgehead atoms. The van der Waals surface area contributed by atoms with Crippen molar-refractivity contribution in [1.82, 2.24) is 0 Å². The van der Waals surface area contributed by atoms with Gasteiger partial charge in [0.15, 0.2) is 0 Å². The van der Waals surface area contributed by atoms with Crippen LogP contribution in [-0.4, -0.2) is 24.1 Å². The minimum absolute atomic E-state index is 0.196. The van der Waals surface area contributed by atoms with Gasteiger partial charge in [0.05, 0.1) is 0 Å². The van der Waals surface area contributed by atoms with Crippen LogP contribution in [0.5, 0.6) is 0 Å². The molecule has 0 unspecified atom stereocenters. The van der Waals surface area contributed by atoms with Crippen LogP contribution in [-0.2, 0) is 14.3 Å². The van der Waals surface area contributed by atoms with Gasteiger partial charge in [-0.1, -0.05) is 0 Å². The highest BCUT2D eigenvalue weighted by Crippen LogP contribution is 1.81. The standard InChI is InChI=1S/C5H8O3S/c1-4(6)5(7)8-2-3-9/h9H,2-3H2,1H3. The number of carbonyl (C=O) groups is 2. The molecule has 0 rings (SSSR count). The molecule has 0 heterocycles. The number of ketones is 1. The molecule has 0 spiro atoms. The first-order valence-corrected chi connectivity index (χ1v) is 3.10. The van der Waals surface area contributed by atoms with Gasteiger partial charge in [-0.05, 0) is 0 Å². The van der Waals surface area contributed by atoms with Crippen LogP contribution in [0.2, 0.25) is 0 Å². The first-order chi connectivity index (χ1) is 4.18. The number of hydrogen-bond donors (Lipinski definition) is 1. The molecule has 0 aromatic rings. The van der Waals surface area contributed by atoms with Crippen LogP contribution in [0.3, 0.4) is 0 Å². The highest BCUT2D eigenvalue weighted by atomic mass is 32.1. The smallest absolute Gasteiger partial charge is 0.374 e. The van der Waals surface area contributed by atoms with E-state index in [2.05, 4.69) is 17.4 Å². The van der Waals surface area contributed by atoms with Crippen molar-refractivity contribution in [3.63, 3.8) is 0 Å². The second-order valence-corrected chi connectivity index (χ2v) is 1.86. The molecule has 0 radical (unpaired) electrons. The maximum atomic E-state index is 10.3. The van der Waals surface area contributed by atoms with E-state index in [9.17, 15) is 9.59 Å². The van der Waals surface area contributed by atoms with Crippen LogP contribution >= 0.6 is 12.6 Å². The molecule has 0 aliphatic carbocycles. The van der Waals surface area contributed by atoms with E-state index in [4.69, 9.17) is 0 Å². The van der Waals surface area contributed by atoms with E-state index < -0.39 is 11.8 Å². The topological polar surface area (TPSA) is 43.4 Å². The predicted octanol–water partition coefficient (Wildman–Crippen LogP) is 0.0484. The van der Waals surface area contributed by atoms with Crippen LogP contribution in [0.15, 0.2) is 0 Å². The van der Waals surface area contributed by atoms with E-state index in [1.807, 2.05) is 0 Å². The summed E-state index contributed by atoms with van der Waals surface area (Å²) < 4.78 is 4.39. The zero-order valence-electron chi connectivity index (χ0n) is 5.09. The normalized spacial score (nSPS) is 8.67. The van der Waals surface area contributed by atoms with Gasteiger partial charge >= 0.3 is 5.97 Å². The van der Waals surface area contributed by atoms with Crippen molar-refractivity contribution in [3.8, 4) is 0 Å². The lowest BCUT2D eigenvalue weighted by molar-refractivity contribution is -0.152. The number of carbonyl (C=O) groups excluding carboxylic acids is 2. The summed E-state index contributed by atoms with van der Waals surface area (Å²) in [6.07, 6.45) is 0. The predicted molar refractivity (Wildman–Crippen MR) is 35.5 cm³/mol. The Morgan fingerprint density at radius 2 is 2.11 bits per heavy atom. The van der Waals surface area contributed by atoms with Crippen LogP contribution in [0.25, 0.3) is 0 Å². The SMILES string of the molecule is CC(=O)C(=O)OCCS. The molecule has 0 saturated heterocycles. The maximum Gasteiger partial charge on any atom is 0.374 e. The number of esters is 1. The molecular formula is C5H8O3S. The molecule has 0 amide bonds. The van der Waals surface area contributed by atoms with Gasteiger partial charge < -0.3 is 4.74 Å². The van der Waals surface area contributed by atoms with Gasteiger partial charge in [0.1, 0.15) is 6.61 Å². The molecule has 52 valence electrons. The Kier molecular flexibility index (Phi) is 4.13. The molecule has 0 aliphatic rings. The monoisotopic (exact) mass is 148 g/mol. The average molecular weight is 148 g/mol. The average Bonchev–Trinajstić information content (AvgIpc) is 1.82. The summed E-state index contributed by atoms with van der Waals surface area (Å²) >= 11 is 3.78. The summed E-state index contributed by atoms with van der Waals surface area (Å²) in [6.45, 7) is 1.36. The van der Waals surface area contributed by atoms with Crippen molar-refractivity contribution < 1.29 is 14.3 Å². The van der Waals surface area contributed by atoms with Gasteiger partial charge in [0.25, 0.3) is 0 Å². The molecule has 0 aromatic heterocycles. The van der Waals surface area contributed by atoms with Gasteiger partial charge in [-0.3, -0.25) is 4.79 Å². The van der Waals surface area contributed by atoms with Crippen LogP contribution in [0.4, 0.5) is 0 Å². The van der Waals surface area contributed by atoms with Gasteiger partial charge in [0.2, 0.25) is 5.78 Å². The number of thiol groups is 1. The Morgan fingerprint density at radius 3 is 2.44 bits per heavy atom. The Hall–Kier alpha value is -0.510. The number of hydrogen-bond acceptors (Lipinski definition) is 4. The van der Waals surface area contributed by atoms with Crippen LogP contribution in [0.1, 0.15) is 6.92 Å². The molecule has 0 N–H and O–H groups in total. The Labute approximate surface area is 58.8 Å². The maximum absolute atomic E-state index is 10.3. The van der Waals surface area contributed by atoms with Crippen LogP contribution in [0, 0.1) is 0 Å². The third kappa shape index (κ3) is 4.02. The molecule has 9 heavy (non-hydrogen) atoms. The molecule has 0 fully saturated rings. The zero-order valence-corrected chi connectivity index (χ0v) is 5.98. The van der Waals surface area contributed by atoms with E-state index in [0.717, 1.165) is 0 Å². The lowest BCUT2D eigenvalue weighted by Gasteiger charge is -1.96. The molecular weight excluding hydrogens is 140 g/mol. The summed E-state index contributed by atoms with van der Waals surface area (Å²) in [7, 11) is 0. The second-order valence-electron chi connectivity index (χ2n) is 1.42. The van der Waals surface area contributed by atoms with Gasteiger partial charge in [-0.25, -0.2) is 4.79 Å². The molecule has 3 nitrogen and oxygen atoms in total. The lowest BCUT2D eigenvalue weighted by Crippen LogP contribution is -2.14. The fourth-order valence-electron chi connectivity index (χ4n) is 0.240. The summed E-state index contributed by atoms with van der Waals surface area (Å²) in [5.74, 6) is -0.917. The first kappa shape index (κ1) is 8.49. The molecule has 0 aliphatic heterocycles. The van der Waals surface area contributed by atoms with E-state index in [1.54, 1.807) is 0 Å². The van der Waals surface area contributed by atoms with Crippen molar-refractivity contribution in [2.75, 3.05) is 12.4 Å². The van der Waals surface area contributed by atoms with E-state index >= 15 is 0 Å². The largest absolute Gasteiger partial charge is 0.459 e. The highest BCUT2D eigenvalue weighted by molar-refractivity contribution is 7.80. The number of Topliss-reactive ketones (excluding diaryl/α,β-unsaturated/α-hetero) is 1. The summed E-state index contributed by atoms with van der Waals surface area (Å²) in [6, 6.07) is 0. The van der Waals surface area contributed by atoms with Crippen molar-refractivity contribution >= 4 is 24.4 Å². The molecule has 0 aromatic carbocycles. The summed E-state index contributed by atoms with van der Waals surface area (Å²) in [5, 5.41) is 0. The summed E-state index contributed by atoms with van der Waals surface area (Å²) in [5.41, 5.74) is 0. The number of ether oxygens (including phenoxy) is 1. The van der Waals surface area contributed by atoms with Crippen molar-refractivity contribution in [3.05, 3.63) is 0 Å². The van der Waals surface area contributed by atoms with Gasteiger partial charge in [0, 0.05) is 12.7 Å². The third-order valence-electron chi connectivity index (χ3n) is 0.612. The lowest BCUT2D eigenvalue weighted by atomic mass is 10.5. The van der Waals surface area contributed by atoms with Crippen molar-refractivity contribution in [2.24, 2.45) is 0 Å². The summed E-state index contributed by atoms with van der Waals surface area (Å²) in [4.78, 5) is 20.4. The molecule has 4 heteroatoms. The quantitative estimate of drug-likeness (QED) is 0.349. The van der Waals surface area contributed by atoms with E-state index in [1.165, 1.54) is 6.92 Å². The first-order valence-electron chi connectivity index (χ1n) is 2.47.